The lowest BCUT2D eigenvalue weighted by Gasteiger charge is -2.38. The second-order valence-corrected chi connectivity index (χ2v) is 10.1. The van der Waals surface area contributed by atoms with E-state index in [1.807, 2.05) is 0 Å². The number of likely N-dealkylation sites (tertiary alicyclic amines) is 1. The van der Waals surface area contributed by atoms with Crippen LogP contribution in [0.4, 0.5) is 18.9 Å². The fourth-order valence-corrected chi connectivity index (χ4v) is 5.32. The number of amides is 1. The van der Waals surface area contributed by atoms with Gasteiger partial charge in [0.05, 0.1) is 11.5 Å². The van der Waals surface area contributed by atoms with Crippen LogP contribution in [0.2, 0.25) is 10.0 Å². The summed E-state index contributed by atoms with van der Waals surface area (Å²) in [6.07, 6.45) is -5.05. The zero-order valence-corrected chi connectivity index (χ0v) is 20.7. The van der Waals surface area contributed by atoms with Gasteiger partial charge in [-0.25, -0.2) is 0 Å². The molecule has 4 rings (SSSR count). The Morgan fingerprint density at radius 1 is 1.06 bits per heavy atom. The number of piperidine rings is 1. The Morgan fingerprint density at radius 2 is 1.69 bits per heavy atom. The predicted octanol–water partition coefficient (Wildman–Crippen LogP) is 5.88. The minimum Gasteiger partial charge on any atom is -0.481 e. The number of nitrogens with zero attached hydrogens (tertiary/aromatic N) is 2. The first kappa shape index (κ1) is 26.1. The summed E-state index contributed by atoms with van der Waals surface area (Å²) in [7, 11) is 0. The zero-order valence-electron chi connectivity index (χ0n) is 19.2. The van der Waals surface area contributed by atoms with Crippen molar-refractivity contribution in [3.63, 3.8) is 0 Å². The van der Waals surface area contributed by atoms with Crippen LogP contribution in [-0.4, -0.2) is 54.4 Å². The van der Waals surface area contributed by atoms with E-state index in [1.165, 1.54) is 12.1 Å². The van der Waals surface area contributed by atoms with Gasteiger partial charge < -0.3 is 19.6 Å². The highest BCUT2D eigenvalue weighted by atomic mass is 35.5. The van der Waals surface area contributed by atoms with Crippen LogP contribution in [0.5, 0.6) is 5.75 Å². The quantitative estimate of drug-likeness (QED) is 0.507. The molecule has 0 aliphatic carbocycles. The van der Waals surface area contributed by atoms with Crippen molar-refractivity contribution >= 4 is 34.8 Å². The van der Waals surface area contributed by atoms with Gasteiger partial charge in [-0.15, -0.1) is 0 Å². The summed E-state index contributed by atoms with van der Waals surface area (Å²) in [6, 6.07) is 11.2. The van der Waals surface area contributed by atoms with Crippen LogP contribution in [0, 0.1) is 5.41 Å². The summed E-state index contributed by atoms with van der Waals surface area (Å²) in [5, 5.41) is 11.6. The molecule has 2 aromatic carbocycles. The molecule has 1 spiro atoms. The lowest BCUT2D eigenvalue weighted by Crippen LogP contribution is -2.45. The normalized spacial score (nSPS) is 20.3. The highest BCUT2D eigenvalue weighted by Crippen LogP contribution is 2.43. The Balaban J connectivity index is 1.34. The van der Waals surface area contributed by atoms with Gasteiger partial charge >= 0.3 is 6.18 Å². The fourth-order valence-electron chi connectivity index (χ4n) is 4.78. The summed E-state index contributed by atoms with van der Waals surface area (Å²) in [5.74, 6) is 0.142. The third-order valence-electron chi connectivity index (χ3n) is 7.00. The van der Waals surface area contributed by atoms with E-state index in [-0.39, 0.29) is 11.7 Å². The fraction of sp³-hybridized carbons (Fsp3) is 0.480. The lowest BCUT2D eigenvalue weighted by atomic mass is 9.77. The molecule has 2 saturated heterocycles. The minimum atomic E-state index is -4.44. The lowest BCUT2D eigenvalue weighted by molar-refractivity contribution is -0.189. The highest BCUT2D eigenvalue weighted by molar-refractivity contribution is 6.35. The number of hydrogen-bond donors (Lipinski definition) is 1. The number of rotatable bonds is 6. The van der Waals surface area contributed by atoms with Crippen molar-refractivity contribution in [3.8, 4) is 5.75 Å². The van der Waals surface area contributed by atoms with Crippen LogP contribution in [0.3, 0.4) is 0 Å². The number of anilines is 1. The first-order chi connectivity index (χ1) is 16.5. The molecule has 0 bridgehead atoms. The van der Waals surface area contributed by atoms with Crippen molar-refractivity contribution in [3.05, 3.63) is 58.1 Å². The molecule has 2 heterocycles. The Kier molecular flexibility index (Phi) is 7.57. The van der Waals surface area contributed by atoms with Gasteiger partial charge in [0.25, 0.3) is 0 Å². The second-order valence-electron chi connectivity index (χ2n) is 9.26. The molecule has 1 amide bonds. The Labute approximate surface area is 212 Å². The van der Waals surface area contributed by atoms with Gasteiger partial charge in [0, 0.05) is 34.4 Å². The Bertz CT molecular complexity index is 1060. The molecule has 1 unspecified atom stereocenters. The van der Waals surface area contributed by atoms with E-state index < -0.39 is 23.8 Å². The number of aliphatic hydroxyl groups is 1. The summed E-state index contributed by atoms with van der Waals surface area (Å²) in [5.41, 5.74) is 0.810. The average molecular weight is 531 g/mol. The van der Waals surface area contributed by atoms with Crippen molar-refractivity contribution in [2.45, 2.75) is 44.6 Å². The number of ether oxygens (including phenoxy) is 1. The van der Waals surface area contributed by atoms with Crippen molar-refractivity contribution in [1.82, 2.24) is 4.90 Å². The first-order valence-electron chi connectivity index (χ1n) is 11.5. The number of alkyl halides is 3. The molecule has 2 fully saturated rings. The van der Waals surface area contributed by atoms with Crippen molar-refractivity contribution in [2.75, 3.05) is 31.1 Å². The Hall–Kier alpha value is -2.00. The van der Waals surface area contributed by atoms with Gasteiger partial charge in [-0.05, 0) is 75.7 Å². The first-order valence-corrected chi connectivity index (χ1v) is 12.2. The van der Waals surface area contributed by atoms with Crippen LogP contribution in [0.1, 0.15) is 37.9 Å². The molecular formula is C25H27Cl2F3N2O3. The molecule has 190 valence electrons. The number of hydrogen-bond acceptors (Lipinski definition) is 4. The minimum absolute atomic E-state index is 0.0378. The number of carbonyl (C=O) groups is 1. The highest BCUT2D eigenvalue weighted by Gasteiger charge is 2.48. The van der Waals surface area contributed by atoms with Gasteiger partial charge in [-0.3, -0.25) is 4.79 Å². The van der Waals surface area contributed by atoms with Crippen molar-refractivity contribution in [1.29, 1.82) is 0 Å². The molecule has 0 saturated carbocycles. The maximum Gasteiger partial charge on any atom is 0.425 e. The summed E-state index contributed by atoms with van der Waals surface area (Å²) in [6.45, 7) is 3.26. The summed E-state index contributed by atoms with van der Waals surface area (Å²) >= 11 is 12.2. The van der Waals surface area contributed by atoms with E-state index in [4.69, 9.17) is 27.9 Å². The molecule has 0 aromatic heterocycles. The molecule has 2 atom stereocenters. The second kappa shape index (κ2) is 10.2. The van der Waals surface area contributed by atoms with Crippen LogP contribution in [-0.2, 0) is 4.79 Å². The molecule has 10 heteroatoms. The number of benzene rings is 2. The molecule has 35 heavy (non-hydrogen) atoms. The van der Waals surface area contributed by atoms with Crippen LogP contribution in [0.15, 0.2) is 42.5 Å². The van der Waals surface area contributed by atoms with Crippen molar-refractivity contribution < 1.29 is 27.8 Å². The molecule has 2 aliphatic heterocycles. The molecular weight excluding hydrogens is 504 g/mol. The van der Waals surface area contributed by atoms with Gasteiger partial charge in [-0.2, -0.15) is 13.2 Å². The number of β-amino-alcohol motifs (C(OH)–C–C–N with tert-alkyl or cyclic N) is 1. The monoisotopic (exact) mass is 530 g/mol. The molecule has 2 aliphatic rings. The predicted molar refractivity (Wildman–Crippen MR) is 129 cm³/mol. The maximum absolute atomic E-state index is 13.4. The Morgan fingerprint density at radius 3 is 2.29 bits per heavy atom. The van der Waals surface area contributed by atoms with E-state index in [1.54, 1.807) is 35.2 Å². The standard InChI is InChI=1S/C25H27Cl2F3N2O3/c1-16(25(28,29)30)35-19-5-3-18(4-6-19)32-13-10-24(23(32)34)8-11-31(12-9-24)15-22(33)20-7-2-17(26)14-21(20)27/h2-7,14,16,22,33H,8-13,15H2,1H3/t16-,22?/m1/s1. The summed E-state index contributed by atoms with van der Waals surface area (Å²) < 4.78 is 43.1. The third kappa shape index (κ3) is 5.71. The number of aliphatic hydroxyl groups excluding tert-OH is 1. The number of carbonyl (C=O) groups excluding carboxylic acids is 1. The smallest absolute Gasteiger partial charge is 0.425 e. The zero-order chi connectivity index (χ0) is 25.4. The largest absolute Gasteiger partial charge is 0.481 e. The van der Waals surface area contributed by atoms with Crippen LogP contribution >= 0.6 is 23.2 Å². The molecule has 1 N–H and O–H groups in total. The SMILES string of the molecule is C[C@@H](Oc1ccc(N2CCC3(CCN(CC(O)c4ccc(Cl)cc4Cl)CC3)C2=O)cc1)C(F)(F)F. The topological polar surface area (TPSA) is 53.0 Å². The third-order valence-corrected chi connectivity index (χ3v) is 7.56. The van der Waals surface area contributed by atoms with E-state index in [2.05, 4.69) is 4.90 Å². The molecule has 2 aromatic rings. The van der Waals surface area contributed by atoms with Gasteiger partial charge in [0.2, 0.25) is 5.91 Å². The van der Waals surface area contributed by atoms with Crippen LogP contribution < -0.4 is 9.64 Å². The van der Waals surface area contributed by atoms with E-state index in [0.717, 1.165) is 6.92 Å². The number of halogens is 5. The van der Waals surface area contributed by atoms with E-state index in [9.17, 15) is 23.1 Å². The van der Waals surface area contributed by atoms with Crippen LogP contribution in [0.25, 0.3) is 0 Å². The molecule has 0 radical (unpaired) electrons. The maximum atomic E-state index is 13.4. The van der Waals surface area contributed by atoms with Crippen molar-refractivity contribution in [2.24, 2.45) is 5.41 Å². The van der Waals surface area contributed by atoms with Gasteiger partial charge in [-0.1, -0.05) is 29.3 Å². The van der Waals surface area contributed by atoms with Gasteiger partial charge in [0.15, 0.2) is 6.10 Å². The van der Waals surface area contributed by atoms with E-state index in [0.29, 0.717) is 66.7 Å². The molecule has 5 nitrogen and oxygen atoms in total. The summed E-state index contributed by atoms with van der Waals surface area (Å²) in [4.78, 5) is 17.2. The van der Waals surface area contributed by atoms with Gasteiger partial charge in [0.1, 0.15) is 5.75 Å². The average Bonchev–Trinajstić information content (AvgIpc) is 3.11. The van der Waals surface area contributed by atoms with E-state index >= 15 is 0 Å².